The van der Waals surface area contributed by atoms with Crippen LogP contribution in [0.15, 0.2) is 42.5 Å². The van der Waals surface area contributed by atoms with Crippen molar-refractivity contribution >= 4 is 17.3 Å². The van der Waals surface area contributed by atoms with Gasteiger partial charge in [0.2, 0.25) is 0 Å². The van der Waals surface area contributed by atoms with E-state index in [0.717, 1.165) is 23.4 Å². The predicted molar refractivity (Wildman–Crippen MR) is 82.0 cm³/mol. The molecule has 1 aliphatic carbocycles. The molecule has 1 aliphatic rings. The van der Waals surface area contributed by atoms with E-state index in [2.05, 4.69) is 17.4 Å². The Kier molecular flexibility index (Phi) is 3.66. The monoisotopic (exact) mass is 289 g/mol. The first-order valence-corrected chi connectivity index (χ1v) is 7.28. The summed E-state index contributed by atoms with van der Waals surface area (Å²) in [6, 6.07) is 13.6. The number of para-hydroxylation sites is 1. The van der Waals surface area contributed by atoms with Gasteiger partial charge in [0, 0.05) is 11.1 Å². The number of rotatable bonds is 3. The third kappa shape index (κ3) is 2.66. The molecule has 2 aromatic carbocycles. The summed E-state index contributed by atoms with van der Waals surface area (Å²) in [5.41, 5.74) is 2.92. The van der Waals surface area contributed by atoms with Crippen LogP contribution in [-0.4, -0.2) is 6.04 Å². The fraction of sp³-hybridized carbons (Fsp3) is 0.294. The van der Waals surface area contributed by atoms with Crippen molar-refractivity contribution < 1.29 is 4.39 Å². The Morgan fingerprint density at radius 1 is 1.10 bits per heavy atom. The lowest BCUT2D eigenvalue weighted by atomic mass is 9.76. The highest BCUT2D eigenvalue weighted by Gasteiger charge is 2.30. The van der Waals surface area contributed by atoms with Crippen LogP contribution in [-0.2, 0) is 0 Å². The van der Waals surface area contributed by atoms with Crippen LogP contribution in [0.3, 0.4) is 0 Å². The summed E-state index contributed by atoms with van der Waals surface area (Å²) >= 11 is 5.89. The molecule has 20 heavy (non-hydrogen) atoms. The summed E-state index contributed by atoms with van der Waals surface area (Å²) in [5, 5.41) is 4.09. The molecule has 0 amide bonds. The van der Waals surface area contributed by atoms with Gasteiger partial charge in [0.15, 0.2) is 0 Å². The molecule has 0 aromatic heterocycles. The van der Waals surface area contributed by atoms with Crippen molar-refractivity contribution in [2.75, 3.05) is 5.32 Å². The summed E-state index contributed by atoms with van der Waals surface area (Å²) in [6.07, 6.45) is 2.07. The Hall–Kier alpha value is -1.54. The maximum Gasteiger partial charge on any atom is 0.146 e. The first-order chi connectivity index (χ1) is 9.63. The van der Waals surface area contributed by atoms with E-state index in [-0.39, 0.29) is 5.82 Å². The van der Waals surface area contributed by atoms with Crippen LogP contribution in [0.4, 0.5) is 10.1 Å². The van der Waals surface area contributed by atoms with Gasteiger partial charge in [-0.2, -0.15) is 0 Å². The van der Waals surface area contributed by atoms with E-state index >= 15 is 0 Å². The van der Waals surface area contributed by atoms with Gasteiger partial charge in [0.1, 0.15) is 5.82 Å². The fourth-order valence-corrected chi connectivity index (χ4v) is 2.89. The van der Waals surface area contributed by atoms with Gasteiger partial charge in [0.05, 0.1) is 5.69 Å². The largest absolute Gasteiger partial charge is 0.380 e. The van der Waals surface area contributed by atoms with Crippen molar-refractivity contribution in [3.8, 4) is 0 Å². The van der Waals surface area contributed by atoms with Gasteiger partial charge in [-0.15, -0.1) is 0 Å². The summed E-state index contributed by atoms with van der Waals surface area (Å²) in [6.45, 7) is 1.93. The predicted octanol–water partition coefficient (Wildman–Crippen LogP) is 5.15. The van der Waals surface area contributed by atoms with E-state index in [9.17, 15) is 4.39 Å². The van der Waals surface area contributed by atoms with Crippen molar-refractivity contribution in [3.05, 3.63) is 64.4 Å². The molecule has 0 heterocycles. The normalized spacial score (nSPS) is 21.4. The molecule has 1 saturated carbocycles. The summed E-state index contributed by atoms with van der Waals surface area (Å²) in [4.78, 5) is 0. The minimum absolute atomic E-state index is 0.167. The molecule has 0 bridgehead atoms. The molecule has 0 radical (unpaired) electrons. The van der Waals surface area contributed by atoms with Crippen LogP contribution in [0.1, 0.15) is 29.9 Å². The lowest BCUT2D eigenvalue weighted by Crippen LogP contribution is -2.34. The highest BCUT2D eigenvalue weighted by molar-refractivity contribution is 6.30. The third-order valence-electron chi connectivity index (χ3n) is 4.05. The van der Waals surface area contributed by atoms with Crippen LogP contribution in [0, 0.1) is 12.7 Å². The van der Waals surface area contributed by atoms with Gasteiger partial charge in [0.25, 0.3) is 0 Å². The van der Waals surface area contributed by atoms with Gasteiger partial charge in [-0.3, -0.25) is 0 Å². The molecule has 104 valence electrons. The Bertz CT molecular complexity index is 583. The minimum Gasteiger partial charge on any atom is -0.380 e. The van der Waals surface area contributed by atoms with Gasteiger partial charge in [-0.1, -0.05) is 35.9 Å². The van der Waals surface area contributed by atoms with Crippen molar-refractivity contribution in [1.82, 2.24) is 0 Å². The maximum atomic E-state index is 13.8. The molecule has 1 nitrogen and oxygen atoms in total. The summed E-state index contributed by atoms with van der Waals surface area (Å²) in [5.74, 6) is 0.386. The van der Waals surface area contributed by atoms with Crippen LogP contribution < -0.4 is 5.32 Å². The average Bonchev–Trinajstić information content (AvgIpc) is 2.38. The Balaban J connectivity index is 1.62. The SMILES string of the molecule is Cc1cccc(F)c1NC1CC(c2ccc(Cl)cc2)C1. The van der Waals surface area contributed by atoms with Crippen molar-refractivity contribution in [2.24, 2.45) is 0 Å². The Labute approximate surface area is 123 Å². The average molecular weight is 290 g/mol. The van der Waals surface area contributed by atoms with E-state index < -0.39 is 0 Å². The van der Waals surface area contributed by atoms with Crippen LogP contribution in [0.25, 0.3) is 0 Å². The molecular weight excluding hydrogens is 273 g/mol. The molecule has 2 aromatic rings. The molecule has 0 spiro atoms. The van der Waals surface area contributed by atoms with E-state index in [1.165, 1.54) is 11.6 Å². The summed E-state index contributed by atoms with van der Waals surface area (Å²) < 4.78 is 13.8. The highest BCUT2D eigenvalue weighted by Crippen LogP contribution is 2.39. The van der Waals surface area contributed by atoms with Crippen LogP contribution in [0.2, 0.25) is 5.02 Å². The second-order valence-electron chi connectivity index (χ2n) is 5.49. The molecule has 0 unspecified atom stereocenters. The third-order valence-corrected chi connectivity index (χ3v) is 4.30. The van der Waals surface area contributed by atoms with Gasteiger partial charge in [-0.25, -0.2) is 4.39 Å². The first kappa shape index (κ1) is 13.4. The zero-order chi connectivity index (χ0) is 14.1. The van der Waals surface area contributed by atoms with E-state index in [0.29, 0.717) is 17.6 Å². The molecule has 1 fully saturated rings. The Morgan fingerprint density at radius 2 is 1.80 bits per heavy atom. The lowest BCUT2D eigenvalue weighted by Gasteiger charge is -2.37. The molecule has 3 rings (SSSR count). The van der Waals surface area contributed by atoms with Crippen molar-refractivity contribution in [3.63, 3.8) is 0 Å². The molecule has 0 saturated heterocycles. The number of hydrogen-bond donors (Lipinski definition) is 1. The molecule has 0 atom stereocenters. The number of nitrogens with one attached hydrogen (secondary N) is 1. The number of aryl methyl sites for hydroxylation is 1. The summed E-state index contributed by atoms with van der Waals surface area (Å²) in [7, 11) is 0. The zero-order valence-corrected chi connectivity index (χ0v) is 12.1. The molecular formula is C17H17ClFN. The number of hydrogen-bond acceptors (Lipinski definition) is 1. The van der Waals surface area contributed by atoms with E-state index in [4.69, 9.17) is 11.6 Å². The van der Waals surface area contributed by atoms with Crippen LogP contribution in [0.5, 0.6) is 0 Å². The zero-order valence-electron chi connectivity index (χ0n) is 11.4. The Morgan fingerprint density at radius 3 is 2.45 bits per heavy atom. The van der Waals surface area contributed by atoms with Gasteiger partial charge < -0.3 is 5.32 Å². The fourth-order valence-electron chi connectivity index (χ4n) is 2.76. The smallest absolute Gasteiger partial charge is 0.146 e. The second kappa shape index (κ2) is 5.45. The number of anilines is 1. The quantitative estimate of drug-likeness (QED) is 0.824. The minimum atomic E-state index is -0.167. The second-order valence-corrected chi connectivity index (χ2v) is 5.93. The number of halogens is 2. The lowest BCUT2D eigenvalue weighted by molar-refractivity contribution is 0.373. The van der Waals surface area contributed by atoms with Gasteiger partial charge in [-0.05, 0) is 55.0 Å². The van der Waals surface area contributed by atoms with Gasteiger partial charge >= 0.3 is 0 Å². The van der Waals surface area contributed by atoms with E-state index in [1.807, 2.05) is 25.1 Å². The van der Waals surface area contributed by atoms with Crippen molar-refractivity contribution in [2.45, 2.75) is 31.7 Å². The van der Waals surface area contributed by atoms with Crippen molar-refractivity contribution in [1.29, 1.82) is 0 Å². The molecule has 1 N–H and O–H groups in total. The van der Waals surface area contributed by atoms with Crippen LogP contribution >= 0.6 is 11.6 Å². The maximum absolute atomic E-state index is 13.8. The topological polar surface area (TPSA) is 12.0 Å². The first-order valence-electron chi connectivity index (χ1n) is 6.90. The molecule has 3 heteroatoms. The molecule has 0 aliphatic heterocycles. The highest BCUT2D eigenvalue weighted by atomic mass is 35.5. The number of benzene rings is 2. The van der Waals surface area contributed by atoms with E-state index in [1.54, 1.807) is 6.07 Å². The standard InChI is InChI=1S/C17H17ClFN/c1-11-3-2-4-16(19)17(11)20-15-9-13(10-15)12-5-7-14(18)8-6-12/h2-8,13,15,20H,9-10H2,1H3.